The van der Waals surface area contributed by atoms with E-state index in [0.717, 1.165) is 16.9 Å². The number of nitrogens with one attached hydrogen (secondary N) is 1. The van der Waals surface area contributed by atoms with Crippen molar-refractivity contribution in [2.45, 2.75) is 20.0 Å². The largest absolute Gasteiger partial charge is 0.492 e. The van der Waals surface area contributed by atoms with Gasteiger partial charge >= 0.3 is 0 Å². The Balaban J connectivity index is 1.42. The van der Waals surface area contributed by atoms with E-state index in [9.17, 15) is 9.59 Å². The molecule has 2 amide bonds. The first-order valence-electron chi connectivity index (χ1n) is 11.0. The summed E-state index contributed by atoms with van der Waals surface area (Å²) in [4.78, 5) is 26.8. The van der Waals surface area contributed by atoms with E-state index in [0.29, 0.717) is 35.3 Å². The van der Waals surface area contributed by atoms with Crippen molar-refractivity contribution in [2.24, 2.45) is 0 Å². The van der Waals surface area contributed by atoms with E-state index in [4.69, 9.17) is 21.1 Å². The first kappa shape index (κ1) is 23.4. The zero-order valence-electron chi connectivity index (χ0n) is 19.0. The van der Waals surface area contributed by atoms with Gasteiger partial charge in [-0.25, -0.2) is 0 Å². The zero-order chi connectivity index (χ0) is 24.1. The van der Waals surface area contributed by atoms with Gasteiger partial charge in [0.2, 0.25) is 5.91 Å². The Morgan fingerprint density at radius 3 is 2.71 bits per heavy atom. The topological polar surface area (TPSA) is 67.9 Å². The van der Waals surface area contributed by atoms with Crippen LogP contribution < -0.4 is 19.7 Å². The molecule has 1 N–H and O–H groups in total. The second-order valence-electron chi connectivity index (χ2n) is 7.97. The van der Waals surface area contributed by atoms with Crippen LogP contribution in [0.2, 0.25) is 5.02 Å². The third-order valence-electron chi connectivity index (χ3n) is 5.31. The minimum absolute atomic E-state index is 0.136. The standard InChI is InChI=1S/C27H25ClN2O4/c1-18-4-3-5-23(16-18)33-15-14-30-24-12-11-22(17-25(24)34-19(2)27(30)32)29-26(31)13-8-20-6-9-21(28)10-7-20/h3-13,16-17,19H,14-15H2,1-2H3,(H,29,31)/b13-8+. The molecule has 0 bridgehead atoms. The number of rotatable bonds is 7. The van der Waals surface area contributed by atoms with Crippen LogP contribution in [0.1, 0.15) is 18.1 Å². The summed E-state index contributed by atoms with van der Waals surface area (Å²) in [7, 11) is 0. The molecule has 0 fully saturated rings. The third kappa shape index (κ3) is 5.77. The van der Waals surface area contributed by atoms with Crippen LogP contribution in [-0.2, 0) is 9.59 Å². The van der Waals surface area contributed by atoms with Crippen molar-refractivity contribution in [3.05, 3.63) is 89.0 Å². The van der Waals surface area contributed by atoms with Gasteiger partial charge in [-0.3, -0.25) is 9.59 Å². The maximum absolute atomic E-state index is 12.7. The number of hydrogen-bond donors (Lipinski definition) is 1. The van der Waals surface area contributed by atoms with Crippen LogP contribution in [0.25, 0.3) is 6.08 Å². The number of anilines is 2. The number of nitrogens with zero attached hydrogens (tertiary/aromatic N) is 1. The number of ether oxygens (including phenoxy) is 2. The fourth-order valence-electron chi connectivity index (χ4n) is 3.61. The molecule has 174 valence electrons. The van der Waals surface area contributed by atoms with E-state index < -0.39 is 6.10 Å². The molecule has 0 aliphatic carbocycles. The van der Waals surface area contributed by atoms with Gasteiger partial charge in [0.15, 0.2) is 6.10 Å². The zero-order valence-corrected chi connectivity index (χ0v) is 19.7. The molecule has 1 atom stereocenters. The lowest BCUT2D eigenvalue weighted by Gasteiger charge is -2.33. The molecule has 6 nitrogen and oxygen atoms in total. The van der Waals surface area contributed by atoms with Crippen molar-refractivity contribution in [3.63, 3.8) is 0 Å². The molecule has 7 heteroatoms. The summed E-state index contributed by atoms with van der Waals surface area (Å²) >= 11 is 5.88. The van der Waals surface area contributed by atoms with Crippen LogP contribution in [0.3, 0.4) is 0 Å². The number of carbonyl (C=O) groups is 2. The molecule has 0 saturated heterocycles. The lowest BCUT2D eigenvalue weighted by Crippen LogP contribution is -2.46. The number of benzene rings is 3. The average molecular weight is 477 g/mol. The lowest BCUT2D eigenvalue weighted by atomic mass is 10.1. The highest BCUT2D eigenvalue weighted by atomic mass is 35.5. The molecule has 1 unspecified atom stereocenters. The molecule has 0 radical (unpaired) electrons. The van der Waals surface area contributed by atoms with Gasteiger partial charge in [0.05, 0.1) is 12.2 Å². The van der Waals surface area contributed by atoms with E-state index in [1.165, 1.54) is 6.08 Å². The van der Waals surface area contributed by atoms with E-state index in [2.05, 4.69) is 5.32 Å². The van der Waals surface area contributed by atoms with Gasteiger partial charge in [0.25, 0.3) is 5.91 Å². The predicted molar refractivity (Wildman–Crippen MR) is 135 cm³/mol. The van der Waals surface area contributed by atoms with Crippen LogP contribution in [0.5, 0.6) is 11.5 Å². The summed E-state index contributed by atoms with van der Waals surface area (Å²) in [6, 6.07) is 20.2. The second-order valence-corrected chi connectivity index (χ2v) is 8.41. The molecule has 3 aromatic rings. The smallest absolute Gasteiger partial charge is 0.267 e. The third-order valence-corrected chi connectivity index (χ3v) is 5.56. The Labute approximate surface area is 203 Å². The van der Waals surface area contributed by atoms with Gasteiger partial charge in [-0.15, -0.1) is 0 Å². The molecule has 0 aromatic heterocycles. The van der Waals surface area contributed by atoms with Gasteiger partial charge < -0.3 is 19.7 Å². The van der Waals surface area contributed by atoms with Crippen molar-refractivity contribution >= 4 is 40.9 Å². The Hall–Kier alpha value is -3.77. The first-order valence-corrected chi connectivity index (χ1v) is 11.3. The first-order chi connectivity index (χ1) is 16.4. The van der Waals surface area contributed by atoms with E-state index in [-0.39, 0.29) is 11.8 Å². The van der Waals surface area contributed by atoms with Crippen molar-refractivity contribution in [1.29, 1.82) is 0 Å². The minimum Gasteiger partial charge on any atom is -0.492 e. The SMILES string of the molecule is Cc1cccc(OCCN2C(=O)C(C)Oc3cc(NC(=O)/C=C/c4ccc(Cl)cc4)ccc32)c1. The number of aryl methyl sites for hydroxylation is 1. The maximum Gasteiger partial charge on any atom is 0.267 e. The molecule has 0 spiro atoms. The van der Waals surface area contributed by atoms with E-state index >= 15 is 0 Å². The maximum atomic E-state index is 12.7. The number of amides is 2. The molecule has 1 heterocycles. The summed E-state index contributed by atoms with van der Waals surface area (Å²) in [5, 5.41) is 3.46. The second kappa shape index (κ2) is 10.4. The van der Waals surface area contributed by atoms with Crippen LogP contribution in [0.15, 0.2) is 72.8 Å². The van der Waals surface area contributed by atoms with Gasteiger partial charge in [-0.2, -0.15) is 0 Å². The van der Waals surface area contributed by atoms with Gasteiger partial charge in [0, 0.05) is 22.9 Å². The van der Waals surface area contributed by atoms with Crippen molar-refractivity contribution in [1.82, 2.24) is 0 Å². The minimum atomic E-state index is -0.637. The summed E-state index contributed by atoms with van der Waals surface area (Å²) in [6.45, 7) is 4.43. The average Bonchev–Trinajstić information content (AvgIpc) is 2.81. The number of carbonyl (C=O) groups excluding carboxylic acids is 2. The van der Waals surface area contributed by atoms with Crippen LogP contribution in [0.4, 0.5) is 11.4 Å². The normalized spacial score (nSPS) is 15.1. The Morgan fingerprint density at radius 2 is 1.94 bits per heavy atom. The molecule has 34 heavy (non-hydrogen) atoms. The Morgan fingerprint density at radius 1 is 1.15 bits per heavy atom. The van der Waals surface area contributed by atoms with Crippen LogP contribution in [0, 0.1) is 6.92 Å². The van der Waals surface area contributed by atoms with Crippen LogP contribution in [-0.4, -0.2) is 31.1 Å². The summed E-state index contributed by atoms with van der Waals surface area (Å²) in [5.41, 5.74) is 3.19. The lowest BCUT2D eigenvalue weighted by molar-refractivity contribution is -0.125. The highest BCUT2D eigenvalue weighted by Crippen LogP contribution is 2.36. The van der Waals surface area contributed by atoms with Gasteiger partial charge in [-0.1, -0.05) is 35.9 Å². The highest BCUT2D eigenvalue weighted by Gasteiger charge is 2.31. The monoisotopic (exact) mass is 476 g/mol. The predicted octanol–water partition coefficient (Wildman–Crippen LogP) is 5.49. The number of fused-ring (bicyclic) bond motifs is 1. The summed E-state index contributed by atoms with van der Waals surface area (Å²) in [6.07, 6.45) is 2.52. The van der Waals surface area contributed by atoms with Crippen LogP contribution >= 0.6 is 11.6 Å². The molecule has 4 rings (SSSR count). The molecule has 1 aliphatic heterocycles. The van der Waals surface area contributed by atoms with Crippen molar-refractivity contribution in [2.75, 3.05) is 23.4 Å². The summed E-state index contributed by atoms with van der Waals surface area (Å²) < 4.78 is 11.6. The molecule has 0 saturated carbocycles. The Bertz CT molecular complexity index is 1220. The van der Waals surface area contributed by atoms with Gasteiger partial charge in [-0.05, 0) is 67.4 Å². The fraction of sp³-hybridized carbons (Fsp3) is 0.185. The molecule has 1 aliphatic rings. The van der Waals surface area contributed by atoms with Crippen molar-refractivity contribution < 1.29 is 19.1 Å². The molecule has 3 aromatic carbocycles. The quantitative estimate of drug-likeness (QED) is 0.458. The number of hydrogen-bond acceptors (Lipinski definition) is 4. The molecular formula is C27H25ClN2O4. The number of halogens is 1. The van der Waals surface area contributed by atoms with Crippen molar-refractivity contribution in [3.8, 4) is 11.5 Å². The van der Waals surface area contributed by atoms with Gasteiger partial charge in [0.1, 0.15) is 18.1 Å². The molecular weight excluding hydrogens is 452 g/mol. The Kier molecular flexibility index (Phi) is 7.18. The van der Waals surface area contributed by atoms with E-state index in [1.807, 2.05) is 43.3 Å². The summed E-state index contributed by atoms with van der Waals surface area (Å²) in [5.74, 6) is 0.877. The highest BCUT2D eigenvalue weighted by molar-refractivity contribution is 6.30. The fourth-order valence-corrected chi connectivity index (χ4v) is 3.73. The van der Waals surface area contributed by atoms with E-state index in [1.54, 1.807) is 48.2 Å².